The fourth-order valence-corrected chi connectivity index (χ4v) is 3.00. The van der Waals surface area contributed by atoms with Gasteiger partial charge in [-0.2, -0.15) is 10.2 Å². The van der Waals surface area contributed by atoms with Crippen molar-refractivity contribution in [3.8, 4) is 11.4 Å². The molecule has 0 saturated heterocycles. The fourth-order valence-electron chi connectivity index (χ4n) is 3.00. The van der Waals surface area contributed by atoms with Crippen LogP contribution in [-0.2, 0) is 19.6 Å². The second-order valence-corrected chi connectivity index (χ2v) is 6.37. The first-order chi connectivity index (χ1) is 12.3. The molecule has 0 aliphatic heterocycles. The van der Waals surface area contributed by atoms with Gasteiger partial charge >= 0.3 is 0 Å². The van der Waals surface area contributed by atoms with Crippen LogP contribution in [0.4, 0.5) is 0 Å². The van der Waals surface area contributed by atoms with Gasteiger partial charge in [-0.1, -0.05) is 25.1 Å². The average molecular weight is 338 g/mol. The standard InChI is InChI=1S/C19H26N6/c1-3-10-25-19(20-16-22-25)18-8-4-7-17(14-18)15-23(2)11-6-13-24-12-5-9-21-24/h4-5,7-9,12,14,16H,3,6,10-11,13,15H2,1-2H3. The number of rotatable bonds is 9. The molecule has 0 fully saturated rings. The third-order valence-electron chi connectivity index (χ3n) is 4.17. The van der Waals surface area contributed by atoms with Crippen molar-refractivity contribution in [3.63, 3.8) is 0 Å². The molecule has 6 heteroatoms. The van der Waals surface area contributed by atoms with Gasteiger partial charge in [-0.25, -0.2) is 9.67 Å². The van der Waals surface area contributed by atoms with Crippen molar-refractivity contribution in [3.05, 3.63) is 54.6 Å². The minimum atomic E-state index is 0.896. The van der Waals surface area contributed by atoms with Crippen LogP contribution in [0, 0.1) is 0 Å². The van der Waals surface area contributed by atoms with E-state index in [1.807, 2.05) is 27.8 Å². The highest BCUT2D eigenvalue weighted by Gasteiger charge is 2.08. The molecule has 3 rings (SSSR count). The summed E-state index contributed by atoms with van der Waals surface area (Å²) in [4.78, 5) is 6.78. The number of aromatic nitrogens is 5. The van der Waals surface area contributed by atoms with Crippen LogP contribution < -0.4 is 0 Å². The number of aryl methyl sites for hydroxylation is 2. The van der Waals surface area contributed by atoms with Crippen LogP contribution in [0.2, 0.25) is 0 Å². The molecule has 2 heterocycles. The predicted molar refractivity (Wildman–Crippen MR) is 98.9 cm³/mol. The molecule has 0 N–H and O–H groups in total. The third-order valence-corrected chi connectivity index (χ3v) is 4.17. The zero-order chi connectivity index (χ0) is 17.5. The Morgan fingerprint density at radius 3 is 2.84 bits per heavy atom. The van der Waals surface area contributed by atoms with Crippen molar-refractivity contribution < 1.29 is 0 Å². The van der Waals surface area contributed by atoms with E-state index in [1.165, 1.54) is 5.56 Å². The molecular formula is C19H26N6. The van der Waals surface area contributed by atoms with Crippen molar-refractivity contribution >= 4 is 0 Å². The van der Waals surface area contributed by atoms with Crippen LogP contribution in [0.1, 0.15) is 25.3 Å². The van der Waals surface area contributed by atoms with Crippen LogP contribution >= 0.6 is 0 Å². The molecule has 132 valence electrons. The summed E-state index contributed by atoms with van der Waals surface area (Å²) in [6.07, 6.45) is 7.61. The lowest BCUT2D eigenvalue weighted by molar-refractivity contribution is 0.311. The Balaban J connectivity index is 1.58. The minimum absolute atomic E-state index is 0.896. The molecular weight excluding hydrogens is 312 g/mol. The summed E-state index contributed by atoms with van der Waals surface area (Å²) in [6, 6.07) is 10.6. The van der Waals surface area contributed by atoms with E-state index in [-0.39, 0.29) is 0 Å². The van der Waals surface area contributed by atoms with Crippen LogP contribution in [-0.4, -0.2) is 43.0 Å². The van der Waals surface area contributed by atoms with Gasteiger partial charge in [-0.05, 0) is 44.1 Å². The van der Waals surface area contributed by atoms with Crippen LogP contribution in [0.15, 0.2) is 49.1 Å². The molecule has 25 heavy (non-hydrogen) atoms. The highest BCUT2D eigenvalue weighted by Crippen LogP contribution is 2.19. The molecule has 2 aromatic heterocycles. The van der Waals surface area contributed by atoms with E-state index in [2.05, 4.69) is 58.3 Å². The summed E-state index contributed by atoms with van der Waals surface area (Å²) in [7, 11) is 2.16. The summed E-state index contributed by atoms with van der Waals surface area (Å²) >= 11 is 0. The third kappa shape index (κ3) is 4.76. The average Bonchev–Trinajstić information content (AvgIpc) is 3.27. The van der Waals surface area contributed by atoms with Crippen molar-refractivity contribution in [1.29, 1.82) is 0 Å². The molecule has 1 aromatic carbocycles. The van der Waals surface area contributed by atoms with E-state index in [0.717, 1.165) is 50.4 Å². The number of hydrogen-bond acceptors (Lipinski definition) is 4. The second kappa shape index (κ2) is 8.58. The van der Waals surface area contributed by atoms with Crippen LogP contribution in [0.3, 0.4) is 0 Å². The van der Waals surface area contributed by atoms with E-state index in [0.29, 0.717) is 0 Å². The zero-order valence-corrected chi connectivity index (χ0v) is 15.0. The van der Waals surface area contributed by atoms with E-state index >= 15 is 0 Å². The first kappa shape index (κ1) is 17.4. The van der Waals surface area contributed by atoms with Crippen LogP contribution in [0.25, 0.3) is 11.4 Å². The van der Waals surface area contributed by atoms with E-state index in [4.69, 9.17) is 0 Å². The first-order valence-corrected chi connectivity index (χ1v) is 8.89. The summed E-state index contributed by atoms with van der Waals surface area (Å²) in [5.74, 6) is 0.949. The smallest absolute Gasteiger partial charge is 0.158 e. The summed E-state index contributed by atoms with van der Waals surface area (Å²) in [5, 5.41) is 8.57. The maximum Gasteiger partial charge on any atom is 0.158 e. The normalized spacial score (nSPS) is 11.3. The molecule has 6 nitrogen and oxygen atoms in total. The van der Waals surface area contributed by atoms with Gasteiger partial charge < -0.3 is 4.90 Å². The van der Waals surface area contributed by atoms with Gasteiger partial charge in [0.2, 0.25) is 0 Å². The van der Waals surface area contributed by atoms with E-state index < -0.39 is 0 Å². The van der Waals surface area contributed by atoms with Crippen molar-refractivity contribution in [1.82, 2.24) is 29.4 Å². The largest absolute Gasteiger partial charge is 0.302 e. The van der Waals surface area contributed by atoms with Gasteiger partial charge in [0.25, 0.3) is 0 Å². The van der Waals surface area contributed by atoms with Gasteiger partial charge in [-0.15, -0.1) is 0 Å². The lowest BCUT2D eigenvalue weighted by Crippen LogP contribution is -2.20. The topological polar surface area (TPSA) is 51.8 Å². The summed E-state index contributed by atoms with van der Waals surface area (Å²) in [6.45, 7) is 5.97. The molecule has 0 spiro atoms. The minimum Gasteiger partial charge on any atom is -0.302 e. The molecule has 0 saturated carbocycles. The quantitative estimate of drug-likeness (QED) is 0.602. The fraction of sp³-hybridized carbons (Fsp3) is 0.421. The number of benzene rings is 1. The number of hydrogen-bond donors (Lipinski definition) is 0. The van der Waals surface area contributed by atoms with Crippen molar-refractivity contribution in [2.45, 2.75) is 39.4 Å². The van der Waals surface area contributed by atoms with Crippen molar-refractivity contribution in [2.24, 2.45) is 0 Å². The molecule has 0 atom stereocenters. The highest BCUT2D eigenvalue weighted by molar-refractivity contribution is 5.56. The zero-order valence-electron chi connectivity index (χ0n) is 15.0. The van der Waals surface area contributed by atoms with Gasteiger partial charge in [0.15, 0.2) is 5.82 Å². The van der Waals surface area contributed by atoms with Gasteiger partial charge in [0.1, 0.15) is 6.33 Å². The predicted octanol–water partition coefficient (Wildman–Crippen LogP) is 3.07. The second-order valence-electron chi connectivity index (χ2n) is 6.37. The lowest BCUT2D eigenvalue weighted by Gasteiger charge is -2.17. The molecule has 0 bridgehead atoms. The summed E-state index contributed by atoms with van der Waals surface area (Å²) in [5.41, 5.74) is 2.43. The molecule has 0 unspecified atom stereocenters. The van der Waals surface area contributed by atoms with Crippen LogP contribution in [0.5, 0.6) is 0 Å². The molecule has 3 aromatic rings. The van der Waals surface area contributed by atoms with Gasteiger partial charge in [0, 0.05) is 37.6 Å². The SMILES string of the molecule is CCCn1ncnc1-c1cccc(CN(C)CCCn2cccn2)c1. The molecule has 0 aliphatic carbocycles. The Bertz CT molecular complexity index is 762. The monoisotopic (exact) mass is 338 g/mol. The highest BCUT2D eigenvalue weighted by atomic mass is 15.3. The Morgan fingerprint density at radius 1 is 1.12 bits per heavy atom. The Kier molecular flexibility index (Phi) is 5.95. The van der Waals surface area contributed by atoms with E-state index in [1.54, 1.807) is 6.33 Å². The number of nitrogens with zero attached hydrogens (tertiary/aromatic N) is 6. The van der Waals surface area contributed by atoms with Gasteiger partial charge in [-0.3, -0.25) is 4.68 Å². The maximum absolute atomic E-state index is 4.43. The lowest BCUT2D eigenvalue weighted by atomic mass is 10.1. The molecule has 0 radical (unpaired) electrons. The van der Waals surface area contributed by atoms with Crippen molar-refractivity contribution in [2.75, 3.05) is 13.6 Å². The summed E-state index contributed by atoms with van der Waals surface area (Å²) < 4.78 is 3.96. The molecule has 0 aliphatic rings. The Labute approximate surface area is 149 Å². The van der Waals surface area contributed by atoms with E-state index in [9.17, 15) is 0 Å². The Morgan fingerprint density at radius 2 is 2.04 bits per heavy atom. The Hall–Kier alpha value is -2.47. The first-order valence-electron chi connectivity index (χ1n) is 8.89. The van der Waals surface area contributed by atoms with Gasteiger partial charge in [0.05, 0.1) is 0 Å². The maximum atomic E-state index is 4.43. The molecule has 0 amide bonds.